The highest BCUT2D eigenvalue weighted by atomic mass is 15.0. The summed E-state index contributed by atoms with van der Waals surface area (Å²) >= 11 is 0. The number of rotatable bonds is 6. The Morgan fingerprint density at radius 2 is 1.00 bits per heavy atom. The van der Waals surface area contributed by atoms with Gasteiger partial charge in [-0.1, -0.05) is 67.6 Å². The van der Waals surface area contributed by atoms with Gasteiger partial charge in [-0.15, -0.1) is 0 Å². The molecule has 6 nitrogen and oxygen atoms in total. The monoisotopic (exact) mass is 556 g/mol. The molecule has 43 heavy (non-hydrogen) atoms. The first-order valence-electron chi connectivity index (χ1n) is 14.3. The van der Waals surface area contributed by atoms with Gasteiger partial charge in [0.05, 0.1) is 17.1 Å². The van der Waals surface area contributed by atoms with Crippen molar-refractivity contribution >= 4 is 11.1 Å². The summed E-state index contributed by atoms with van der Waals surface area (Å²) in [5, 5.41) is 0. The lowest BCUT2D eigenvalue weighted by molar-refractivity contribution is 0.745. The molecule has 1 unspecified atom stereocenters. The molecule has 6 aromatic rings. The zero-order valence-electron chi connectivity index (χ0n) is 23.7. The second kappa shape index (κ2) is 11.7. The quantitative estimate of drug-likeness (QED) is 0.206. The van der Waals surface area contributed by atoms with E-state index in [1.54, 1.807) is 12.4 Å². The van der Waals surface area contributed by atoms with Gasteiger partial charge in [-0.3, -0.25) is 15.0 Å². The first-order chi connectivity index (χ1) is 21.2. The third kappa shape index (κ3) is 5.76. The Labute approximate surface area is 250 Å². The molecule has 0 aliphatic heterocycles. The third-order valence-corrected chi connectivity index (χ3v) is 7.38. The summed E-state index contributed by atoms with van der Waals surface area (Å²) in [7, 11) is 0. The average molecular weight is 557 g/mol. The van der Waals surface area contributed by atoms with Crippen molar-refractivity contribution in [2.24, 2.45) is 5.92 Å². The Kier molecular flexibility index (Phi) is 7.15. The van der Waals surface area contributed by atoms with E-state index in [9.17, 15) is 0 Å². The number of aromatic nitrogens is 6. The van der Waals surface area contributed by atoms with Crippen molar-refractivity contribution in [1.29, 1.82) is 0 Å². The Hall–Kier alpha value is -5.62. The molecule has 1 atom stereocenters. The Bertz CT molecular complexity index is 1850. The van der Waals surface area contributed by atoms with Crippen LogP contribution in [0.5, 0.6) is 0 Å². The van der Waals surface area contributed by atoms with Gasteiger partial charge in [-0.2, -0.15) is 0 Å². The van der Waals surface area contributed by atoms with E-state index in [1.165, 1.54) is 0 Å². The predicted molar refractivity (Wildman–Crippen MR) is 171 cm³/mol. The highest BCUT2D eigenvalue weighted by Gasteiger charge is 2.20. The molecule has 2 aromatic carbocycles. The zero-order valence-corrected chi connectivity index (χ0v) is 23.7. The Morgan fingerprint density at radius 3 is 1.51 bits per heavy atom. The van der Waals surface area contributed by atoms with Crippen LogP contribution in [-0.4, -0.2) is 29.9 Å². The van der Waals surface area contributed by atoms with Gasteiger partial charge in [0.2, 0.25) is 0 Å². The molecule has 1 aliphatic carbocycles. The van der Waals surface area contributed by atoms with E-state index < -0.39 is 0 Å². The molecule has 0 spiro atoms. The van der Waals surface area contributed by atoms with Crippen LogP contribution in [0.3, 0.4) is 0 Å². The van der Waals surface area contributed by atoms with Crippen molar-refractivity contribution in [3.63, 3.8) is 0 Å². The number of nitrogens with zero attached hydrogens (tertiary/aromatic N) is 6. The van der Waals surface area contributed by atoms with Crippen molar-refractivity contribution in [3.05, 3.63) is 145 Å². The van der Waals surface area contributed by atoms with E-state index in [0.717, 1.165) is 56.9 Å². The van der Waals surface area contributed by atoms with Crippen molar-refractivity contribution < 1.29 is 0 Å². The van der Waals surface area contributed by atoms with Crippen LogP contribution in [0.4, 0.5) is 0 Å². The molecule has 0 bridgehead atoms. The lowest BCUT2D eigenvalue weighted by Gasteiger charge is -2.19. The van der Waals surface area contributed by atoms with Crippen LogP contribution in [-0.2, 0) is 0 Å². The summed E-state index contributed by atoms with van der Waals surface area (Å²) in [4.78, 5) is 28.8. The molecule has 0 saturated heterocycles. The normalized spacial score (nSPS) is 14.6. The van der Waals surface area contributed by atoms with Gasteiger partial charge in [-0.05, 0) is 78.1 Å². The summed E-state index contributed by atoms with van der Waals surface area (Å²) in [6, 6.07) is 34.2. The molecule has 1 aliphatic rings. The molecule has 4 heterocycles. The number of hydrogen-bond acceptors (Lipinski definition) is 6. The topological polar surface area (TPSA) is 77.3 Å². The largest absolute Gasteiger partial charge is 0.256 e. The highest BCUT2D eigenvalue weighted by Crippen LogP contribution is 2.34. The van der Waals surface area contributed by atoms with E-state index in [2.05, 4.69) is 58.3 Å². The van der Waals surface area contributed by atoms with Gasteiger partial charge in [0.1, 0.15) is 0 Å². The number of allylic oxidation sites excluding steroid dienone is 4. The minimum atomic E-state index is 0.306. The SMILES string of the molecule is CC1C=C(c2ccccn2)C=C(c2nc(-c3cccc(-c4ccccn4)c3)nc(-c3cccc(-c4ccccn4)c3)n2)C1. The van der Waals surface area contributed by atoms with Crippen LogP contribution in [0.25, 0.3) is 56.4 Å². The van der Waals surface area contributed by atoms with E-state index in [0.29, 0.717) is 23.4 Å². The molecule has 0 saturated carbocycles. The molecule has 206 valence electrons. The van der Waals surface area contributed by atoms with Crippen molar-refractivity contribution in [1.82, 2.24) is 29.9 Å². The Morgan fingerprint density at radius 1 is 0.512 bits per heavy atom. The molecule has 6 heteroatoms. The smallest absolute Gasteiger partial charge is 0.164 e. The fourth-order valence-electron chi connectivity index (χ4n) is 5.34. The highest BCUT2D eigenvalue weighted by molar-refractivity contribution is 5.84. The second-order valence-corrected chi connectivity index (χ2v) is 10.6. The summed E-state index contributed by atoms with van der Waals surface area (Å²) in [6.45, 7) is 2.21. The fraction of sp³-hybridized carbons (Fsp3) is 0.0811. The van der Waals surface area contributed by atoms with Gasteiger partial charge in [0, 0.05) is 40.8 Å². The van der Waals surface area contributed by atoms with E-state index >= 15 is 0 Å². The first-order valence-corrected chi connectivity index (χ1v) is 14.3. The molecule has 0 fully saturated rings. The molecule has 7 rings (SSSR count). The molecule has 0 amide bonds. The molecule has 0 radical (unpaired) electrons. The van der Waals surface area contributed by atoms with Crippen LogP contribution in [0.15, 0.2) is 134 Å². The average Bonchev–Trinajstić information content (AvgIpc) is 3.09. The van der Waals surface area contributed by atoms with Crippen LogP contribution in [0.1, 0.15) is 24.9 Å². The fourth-order valence-corrected chi connectivity index (χ4v) is 5.34. The standard InChI is InChI=1S/C37H28N6/c1-25-20-30(34-16-4-7-19-40-34)24-31(21-25)37-42-35(28-12-8-10-26(22-28)32-14-2-5-17-38-32)41-36(43-37)29-13-9-11-27(23-29)33-15-3-6-18-39-33/h2-20,22-25H,21H2,1H3. The zero-order chi connectivity index (χ0) is 29.0. The maximum atomic E-state index is 5.06. The summed E-state index contributed by atoms with van der Waals surface area (Å²) in [5.74, 6) is 2.20. The third-order valence-electron chi connectivity index (χ3n) is 7.38. The maximum Gasteiger partial charge on any atom is 0.164 e. The van der Waals surface area contributed by atoms with E-state index in [4.69, 9.17) is 15.0 Å². The first kappa shape index (κ1) is 26.3. The predicted octanol–water partition coefficient (Wildman–Crippen LogP) is 8.23. The van der Waals surface area contributed by atoms with Gasteiger partial charge < -0.3 is 0 Å². The van der Waals surface area contributed by atoms with Crippen molar-refractivity contribution in [2.45, 2.75) is 13.3 Å². The van der Waals surface area contributed by atoms with Gasteiger partial charge in [0.25, 0.3) is 0 Å². The lowest BCUT2D eigenvalue weighted by atomic mass is 9.89. The molecular formula is C37H28N6. The number of hydrogen-bond donors (Lipinski definition) is 0. The maximum absolute atomic E-state index is 5.06. The molecule has 4 aromatic heterocycles. The minimum absolute atomic E-state index is 0.306. The summed E-state index contributed by atoms with van der Waals surface area (Å²) in [5.41, 5.74) is 8.68. The lowest BCUT2D eigenvalue weighted by Crippen LogP contribution is -2.08. The molecule has 0 N–H and O–H groups in total. The summed E-state index contributed by atoms with van der Waals surface area (Å²) < 4.78 is 0. The van der Waals surface area contributed by atoms with Gasteiger partial charge in [0.15, 0.2) is 17.5 Å². The molecular weight excluding hydrogens is 528 g/mol. The van der Waals surface area contributed by atoms with Crippen molar-refractivity contribution in [2.75, 3.05) is 0 Å². The number of pyridine rings is 3. The van der Waals surface area contributed by atoms with Gasteiger partial charge >= 0.3 is 0 Å². The van der Waals surface area contributed by atoms with Crippen LogP contribution in [0, 0.1) is 5.92 Å². The Balaban J connectivity index is 1.37. The second-order valence-electron chi connectivity index (χ2n) is 10.6. The van der Waals surface area contributed by atoms with Crippen LogP contribution < -0.4 is 0 Å². The van der Waals surface area contributed by atoms with E-state index in [1.807, 2.05) is 85.1 Å². The van der Waals surface area contributed by atoms with Gasteiger partial charge in [-0.25, -0.2) is 15.0 Å². The summed E-state index contributed by atoms with van der Waals surface area (Å²) in [6.07, 6.45) is 10.7. The number of benzene rings is 2. The minimum Gasteiger partial charge on any atom is -0.256 e. The van der Waals surface area contributed by atoms with Crippen LogP contribution in [0.2, 0.25) is 0 Å². The van der Waals surface area contributed by atoms with Crippen LogP contribution >= 0.6 is 0 Å². The van der Waals surface area contributed by atoms with Crippen molar-refractivity contribution in [3.8, 4) is 45.3 Å². The van der Waals surface area contributed by atoms with E-state index in [-0.39, 0.29) is 0 Å².